The van der Waals surface area contributed by atoms with Gasteiger partial charge in [0.05, 0.1) is 0 Å². The Morgan fingerprint density at radius 2 is 2.28 bits per heavy atom. The van der Waals surface area contributed by atoms with Gasteiger partial charge in [-0.05, 0) is 24.3 Å². The van der Waals surface area contributed by atoms with E-state index in [1.807, 2.05) is 16.9 Å². The van der Waals surface area contributed by atoms with Gasteiger partial charge in [0.2, 0.25) is 0 Å². The van der Waals surface area contributed by atoms with Crippen LogP contribution in [0.2, 0.25) is 0 Å². The van der Waals surface area contributed by atoms with E-state index < -0.39 is 0 Å². The zero-order valence-electron chi connectivity index (χ0n) is 11.4. The zero-order valence-corrected chi connectivity index (χ0v) is 11.4. The van der Waals surface area contributed by atoms with Gasteiger partial charge in [0.15, 0.2) is 0 Å². The molecule has 0 spiro atoms. The van der Waals surface area contributed by atoms with Crippen molar-refractivity contribution in [1.82, 2.24) is 9.78 Å². The molecule has 1 heterocycles. The van der Waals surface area contributed by atoms with Crippen LogP contribution in [0.4, 0.5) is 0 Å². The Balaban J connectivity index is 2.01. The monoisotopic (exact) mass is 240 g/mol. The molecule has 0 bridgehead atoms. The molecule has 1 aliphatic carbocycles. The quantitative estimate of drug-likeness (QED) is 0.724. The van der Waals surface area contributed by atoms with Crippen LogP contribution < -0.4 is 0 Å². The fourth-order valence-corrected chi connectivity index (χ4v) is 2.36. The van der Waals surface area contributed by atoms with Crippen LogP contribution in [0.3, 0.4) is 0 Å². The van der Waals surface area contributed by atoms with E-state index >= 15 is 0 Å². The van der Waals surface area contributed by atoms with Gasteiger partial charge in [-0.2, -0.15) is 5.10 Å². The Morgan fingerprint density at radius 3 is 2.89 bits per heavy atom. The summed E-state index contributed by atoms with van der Waals surface area (Å²) < 4.78 is 1.84. The smallest absolute Gasteiger partial charge is 0.102 e. The predicted molar refractivity (Wildman–Crippen MR) is 74.8 cm³/mol. The molecular weight excluding hydrogens is 220 g/mol. The van der Waals surface area contributed by atoms with Crippen molar-refractivity contribution in [3.8, 4) is 11.8 Å². The van der Waals surface area contributed by atoms with Crippen molar-refractivity contribution in [2.24, 2.45) is 11.8 Å². The largest absolute Gasteiger partial charge is 0.261 e. The Labute approximate surface area is 109 Å². The summed E-state index contributed by atoms with van der Waals surface area (Å²) in [5.41, 5.74) is 2.77. The molecule has 1 atom stereocenters. The lowest BCUT2D eigenvalue weighted by atomic mass is 9.83. The highest BCUT2D eigenvalue weighted by Crippen LogP contribution is 2.29. The maximum Gasteiger partial charge on any atom is 0.102 e. The van der Waals surface area contributed by atoms with Crippen LogP contribution >= 0.6 is 0 Å². The van der Waals surface area contributed by atoms with E-state index in [-0.39, 0.29) is 0 Å². The van der Waals surface area contributed by atoms with Crippen LogP contribution in [0.5, 0.6) is 0 Å². The lowest BCUT2D eigenvalue weighted by Gasteiger charge is -2.22. The van der Waals surface area contributed by atoms with E-state index in [1.54, 1.807) is 6.20 Å². The topological polar surface area (TPSA) is 17.8 Å². The van der Waals surface area contributed by atoms with Crippen molar-refractivity contribution in [3.05, 3.63) is 41.8 Å². The Hall–Kier alpha value is -1.75. The molecule has 0 saturated carbocycles. The molecule has 1 aromatic rings. The van der Waals surface area contributed by atoms with Gasteiger partial charge in [0.1, 0.15) is 6.54 Å². The van der Waals surface area contributed by atoms with Crippen LogP contribution in [-0.2, 0) is 6.54 Å². The van der Waals surface area contributed by atoms with E-state index in [0.717, 1.165) is 6.42 Å². The van der Waals surface area contributed by atoms with Gasteiger partial charge in [-0.1, -0.05) is 50.3 Å². The Kier molecular flexibility index (Phi) is 4.04. The van der Waals surface area contributed by atoms with E-state index in [9.17, 15) is 0 Å². The van der Waals surface area contributed by atoms with Crippen LogP contribution in [0, 0.1) is 23.7 Å². The third-order valence-electron chi connectivity index (χ3n) is 3.29. The van der Waals surface area contributed by atoms with Crippen molar-refractivity contribution in [1.29, 1.82) is 0 Å². The van der Waals surface area contributed by atoms with Crippen molar-refractivity contribution in [3.63, 3.8) is 0 Å². The second-order valence-corrected chi connectivity index (χ2v) is 5.12. The number of hydrogen-bond acceptors (Lipinski definition) is 1. The number of hydrogen-bond donors (Lipinski definition) is 0. The Morgan fingerprint density at radius 1 is 1.44 bits per heavy atom. The Bertz CT molecular complexity index is 507. The summed E-state index contributed by atoms with van der Waals surface area (Å²) in [6.45, 7) is 7.46. The van der Waals surface area contributed by atoms with Crippen LogP contribution in [-0.4, -0.2) is 9.78 Å². The zero-order chi connectivity index (χ0) is 13.0. The van der Waals surface area contributed by atoms with Crippen molar-refractivity contribution >= 4 is 0 Å². The third-order valence-corrected chi connectivity index (χ3v) is 3.29. The molecule has 0 radical (unpaired) electrons. The molecule has 0 aliphatic heterocycles. The highest BCUT2D eigenvalue weighted by atomic mass is 15.3. The van der Waals surface area contributed by atoms with Gasteiger partial charge in [0.25, 0.3) is 0 Å². The van der Waals surface area contributed by atoms with Gasteiger partial charge in [-0.3, -0.25) is 4.68 Å². The van der Waals surface area contributed by atoms with Gasteiger partial charge in [-0.25, -0.2) is 0 Å². The van der Waals surface area contributed by atoms with E-state index in [2.05, 4.69) is 49.9 Å². The summed E-state index contributed by atoms with van der Waals surface area (Å²) in [7, 11) is 0. The molecule has 0 saturated heterocycles. The molecule has 2 heteroatoms. The summed E-state index contributed by atoms with van der Waals surface area (Å²) in [5, 5.41) is 4.13. The molecule has 2 rings (SSSR count). The molecule has 0 fully saturated rings. The molecule has 0 aromatic carbocycles. The predicted octanol–water partition coefficient (Wildman–Crippen LogP) is 3.44. The first kappa shape index (κ1) is 12.7. The SMILES string of the molecule is CC(C)C1=CC=C(C#CCn2cccn2)CC1C. The first-order chi connectivity index (χ1) is 8.66. The molecule has 18 heavy (non-hydrogen) atoms. The molecule has 0 N–H and O–H groups in total. The van der Waals surface area contributed by atoms with Crippen LogP contribution in [0.25, 0.3) is 0 Å². The third kappa shape index (κ3) is 3.13. The summed E-state index contributed by atoms with van der Waals surface area (Å²) in [5.74, 6) is 7.68. The lowest BCUT2D eigenvalue weighted by molar-refractivity contribution is 0.576. The highest BCUT2D eigenvalue weighted by molar-refractivity contribution is 5.38. The minimum absolute atomic E-state index is 0.615. The van der Waals surface area contributed by atoms with E-state index in [0.29, 0.717) is 18.4 Å². The van der Waals surface area contributed by atoms with Crippen molar-refractivity contribution < 1.29 is 0 Å². The number of allylic oxidation sites excluding steroid dienone is 4. The highest BCUT2D eigenvalue weighted by Gasteiger charge is 2.16. The fourth-order valence-electron chi connectivity index (χ4n) is 2.36. The first-order valence-corrected chi connectivity index (χ1v) is 6.53. The van der Waals surface area contributed by atoms with Crippen LogP contribution in [0.15, 0.2) is 41.8 Å². The molecule has 0 amide bonds. The minimum Gasteiger partial charge on any atom is -0.261 e. The van der Waals surface area contributed by atoms with E-state index in [1.165, 1.54) is 11.1 Å². The standard InChI is InChI=1S/C16H20N2/c1-13(2)16-8-7-15(12-14(16)3)6-4-10-18-11-5-9-17-18/h5,7-9,11,13-14H,10,12H2,1-3H3. The normalized spacial score (nSPS) is 19.0. The van der Waals surface area contributed by atoms with Crippen molar-refractivity contribution in [2.75, 3.05) is 0 Å². The molecule has 94 valence electrons. The summed E-state index contributed by atoms with van der Waals surface area (Å²) >= 11 is 0. The lowest BCUT2D eigenvalue weighted by Crippen LogP contribution is -2.09. The number of rotatable bonds is 2. The second-order valence-electron chi connectivity index (χ2n) is 5.12. The first-order valence-electron chi connectivity index (χ1n) is 6.53. The number of aromatic nitrogens is 2. The molecule has 2 nitrogen and oxygen atoms in total. The van der Waals surface area contributed by atoms with Gasteiger partial charge >= 0.3 is 0 Å². The van der Waals surface area contributed by atoms with Gasteiger partial charge in [0, 0.05) is 18.0 Å². The van der Waals surface area contributed by atoms with Gasteiger partial charge < -0.3 is 0 Å². The molecular formula is C16H20N2. The maximum absolute atomic E-state index is 4.13. The molecule has 1 aromatic heterocycles. The maximum atomic E-state index is 4.13. The summed E-state index contributed by atoms with van der Waals surface area (Å²) in [6.07, 6.45) is 9.20. The molecule has 1 aliphatic rings. The number of nitrogens with zero attached hydrogens (tertiary/aromatic N) is 2. The minimum atomic E-state index is 0.615. The fraction of sp³-hybridized carbons (Fsp3) is 0.438. The average Bonchev–Trinajstić information content (AvgIpc) is 2.81. The average molecular weight is 240 g/mol. The van der Waals surface area contributed by atoms with Gasteiger partial charge in [-0.15, -0.1) is 0 Å². The summed E-state index contributed by atoms with van der Waals surface area (Å²) in [6, 6.07) is 1.92. The van der Waals surface area contributed by atoms with Crippen molar-refractivity contribution in [2.45, 2.75) is 33.7 Å². The van der Waals surface area contributed by atoms with Crippen LogP contribution in [0.1, 0.15) is 27.2 Å². The second kappa shape index (κ2) is 5.73. The molecule has 1 unspecified atom stereocenters. The van der Waals surface area contributed by atoms with E-state index in [4.69, 9.17) is 0 Å². The summed E-state index contributed by atoms with van der Waals surface area (Å²) in [4.78, 5) is 0.